The van der Waals surface area contributed by atoms with Gasteiger partial charge in [-0.15, -0.1) is 0 Å². The summed E-state index contributed by atoms with van der Waals surface area (Å²) in [6.45, 7) is 0.249. The molecule has 10 heteroatoms. The monoisotopic (exact) mass is 435 g/mol. The lowest BCUT2D eigenvalue weighted by Crippen LogP contribution is -2.53. The summed E-state index contributed by atoms with van der Waals surface area (Å²) in [5.41, 5.74) is 0.823. The fourth-order valence-electron chi connectivity index (χ4n) is 2.05. The number of nitro groups is 1. The van der Waals surface area contributed by atoms with Gasteiger partial charge in [0.05, 0.1) is 4.92 Å². The zero-order valence-electron chi connectivity index (χ0n) is 13.1. The first-order valence-corrected chi connectivity index (χ1v) is 8.78. The fraction of sp³-hybridized carbons (Fsp3) is 0.188. The Kier molecular flexibility index (Phi) is 7.08. The minimum Gasteiger partial charge on any atom is -0.333 e. The van der Waals surface area contributed by atoms with Crippen LogP contribution in [0.1, 0.15) is 15.9 Å². The number of halogens is 4. The second-order valence-corrected chi connectivity index (χ2v) is 8.00. The molecule has 2 rings (SSSR count). The molecule has 6 nitrogen and oxygen atoms in total. The number of carbonyl (C=O) groups excluding carboxylic acids is 1. The van der Waals surface area contributed by atoms with Crippen LogP contribution in [0.5, 0.6) is 0 Å². The predicted molar refractivity (Wildman–Crippen MR) is 103 cm³/mol. The van der Waals surface area contributed by atoms with Crippen molar-refractivity contribution in [3.63, 3.8) is 0 Å². The van der Waals surface area contributed by atoms with Gasteiger partial charge in [0.15, 0.2) is 0 Å². The lowest BCUT2D eigenvalue weighted by atomic mass is 10.2. The Morgan fingerprint density at radius 3 is 2.27 bits per heavy atom. The Labute approximate surface area is 169 Å². The molecule has 0 saturated heterocycles. The first kappa shape index (κ1) is 20.7. The number of alkyl halides is 3. The van der Waals surface area contributed by atoms with Crippen LogP contribution >= 0.6 is 46.4 Å². The highest BCUT2D eigenvalue weighted by molar-refractivity contribution is 6.68. The molecule has 0 aliphatic carbocycles. The van der Waals surface area contributed by atoms with Crippen molar-refractivity contribution in [3.8, 4) is 0 Å². The van der Waals surface area contributed by atoms with Gasteiger partial charge in [0.25, 0.3) is 11.6 Å². The number of benzene rings is 2. The van der Waals surface area contributed by atoms with Crippen molar-refractivity contribution < 1.29 is 9.72 Å². The highest BCUT2D eigenvalue weighted by Gasteiger charge is 2.34. The summed E-state index contributed by atoms with van der Waals surface area (Å²) < 4.78 is -1.84. The molecule has 0 unspecified atom stereocenters. The Morgan fingerprint density at radius 1 is 1.12 bits per heavy atom. The molecular formula is C16H13Cl4N3O3. The average Bonchev–Trinajstić information content (AvgIpc) is 2.58. The van der Waals surface area contributed by atoms with Gasteiger partial charge in [-0.3, -0.25) is 20.2 Å². The van der Waals surface area contributed by atoms with E-state index in [2.05, 4.69) is 10.6 Å². The SMILES string of the molecule is O=C(N[C@H](NCc1ccccc1Cl)C(Cl)(Cl)Cl)c1ccc([N+](=O)[O-])cc1. The van der Waals surface area contributed by atoms with Crippen molar-refractivity contribution in [2.45, 2.75) is 16.5 Å². The number of amides is 1. The number of non-ortho nitro benzene ring substituents is 1. The molecule has 26 heavy (non-hydrogen) atoms. The molecule has 2 N–H and O–H groups in total. The number of hydrogen-bond acceptors (Lipinski definition) is 4. The predicted octanol–water partition coefficient (Wildman–Crippen LogP) is 4.46. The molecule has 1 amide bonds. The van der Waals surface area contributed by atoms with E-state index >= 15 is 0 Å². The number of hydrogen-bond donors (Lipinski definition) is 2. The number of nitro benzene ring substituents is 1. The van der Waals surface area contributed by atoms with Crippen LogP contribution in [0.15, 0.2) is 48.5 Å². The van der Waals surface area contributed by atoms with Crippen LogP contribution in [0.25, 0.3) is 0 Å². The third-order valence-electron chi connectivity index (χ3n) is 3.40. The van der Waals surface area contributed by atoms with E-state index in [1.807, 2.05) is 6.07 Å². The van der Waals surface area contributed by atoms with E-state index in [1.165, 1.54) is 24.3 Å². The molecule has 0 bridgehead atoms. The van der Waals surface area contributed by atoms with Crippen molar-refractivity contribution in [2.24, 2.45) is 0 Å². The Balaban J connectivity index is 2.08. The lowest BCUT2D eigenvalue weighted by molar-refractivity contribution is -0.384. The molecule has 0 fully saturated rings. The third-order valence-corrected chi connectivity index (χ3v) is 4.42. The van der Waals surface area contributed by atoms with Crippen molar-refractivity contribution >= 4 is 58.0 Å². The maximum absolute atomic E-state index is 12.3. The van der Waals surface area contributed by atoms with Gasteiger partial charge in [0, 0.05) is 29.3 Å². The van der Waals surface area contributed by atoms with E-state index in [9.17, 15) is 14.9 Å². The van der Waals surface area contributed by atoms with E-state index in [-0.39, 0.29) is 17.8 Å². The molecular weight excluding hydrogens is 424 g/mol. The summed E-state index contributed by atoms with van der Waals surface area (Å²) in [6, 6.07) is 12.2. The van der Waals surface area contributed by atoms with Crippen molar-refractivity contribution in [1.29, 1.82) is 0 Å². The Bertz CT molecular complexity index is 794. The molecule has 0 heterocycles. The molecule has 2 aromatic carbocycles. The van der Waals surface area contributed by atoms with Crippen LogP contribution in [-0.4, -0.2) is 20.8 Å². The number of carbonyl (C=O) groups is 1. The minimum absolute atomic E-state index is 0.128. The van der Waals surface area contributed by atoms with E-state index in [4.69, 9.17) is 46.4 Å². The summed E-state index contributed by atoms with van der Waals surface area (Å²) in [5.74, 6) is -0.553. The zero-order valence-corrected chi connectivity index (χ0v) is 16.1. The summed E-state index contributed by atoms with van der Waals surface area (Å²) >= 11 is 23.9. The lowest BCUT2D eigenvalue weighted by Gasteiger charge is -2.27. The van der Waals surface area contributed by atoms with Gasteiger partial charge in [-0.2, -0.15) is 0 Å². The molecule has 2 aromatic rings. The van der Waals surface area contributed by atoms with Crippen LogP contribution in [0.2, 0.25) is 5.02 Å². The third kappa shape index (κ3) is 5.72. The van der Waals surface area contributed by atoms with Crippen LogP contribution in [-0.2, 0) is 6.54 Å². The number of rotatable bonds is 6. The molecule has 0 aliphatic heterocycles. The molecule has 138 valence electrons. The van der Waals surface area contributed by atoms with E-state index in [1.54, 1.807) is 18.2 Å². The van der Waals surface area contributed by atoms with Crippen LogP contribution in [0.4, 0.5) is 5.69 Å². The zero-order chi connectivity index (χ0) is 19.3. The maximum Gasteiger partial charge on any atom is 0.269 e. The van der Waals surface area contributed by atoms with Crippen LogP contribution in [0, 0.1) is 10.1 Å². The van der Waals surface area contributed by atoms with Crippen LogP contribution in [0.3, 0.4) is 0 Å². The highest BCUT2D eigenvalue weighted by atomic mass is 35.6. The largest absolute Gasteiger partial charge is 0.333 e. The Hall–Kier alpha value is -1.57. The summed E-state index contributed by atoms with van der Waals surface area (Å²) in [5, 5.41) is 16.7. The molecule has 0 radical (unpaired) electrons. The standard InChI is InChI=1S/C16H13Cl4N3O3/c17-13-4-2-1-3-11(13)9-21-15(16(18,19)20)22-14(24)10-5-7-12(8-6-10)23(25)26/h1-8,15,21H,9H2,(H,22,24)/t15-/m0/s1. The van der Waals surface area contributed by atoms with Gasteiger partial charge in [-0.05, 0) is 23.8 Å². The minimum atomic E-state index is -1.84. The van der Waals surface area contributed by atoms with Gasteiger partial charge in [0.1, 0.15) is 6.17 Å². The van der Waals surface area contributed by atoms with Gasteiger partial charge < -0.3 is 5.32 Å². The number of nitrogens with one attached hydrogen (secondary N) is 2. The first-order valence-electron chi connectivity index (χ1n) is 7.27. The van der Waals surface area contributed by atoms with Crippen molar-refractivity contribution in [1.82, 2.24) is 10.6 Å². The quantitative estimate of drug-likeness (QED) is 0.303. The summed E-state index contributed by atoms with van der Waals surface area (Å²) in [6.07, 6.45) is -1.02. The molecule has 0 spiro atoms. The van der Waals surface area contributed by atoms with Crippen molar-refractivity contribution in [3.05, 3.63) is 74.8 Å². The van der Waals surface area contributed by atoms with Gasteiger partial charge in [0.2, 0.25) is 3.79 Å². The number of nitrogens with zero attached hydrogens (tertiary/aromatic N) is 1. The maximum atomic E-state index is 12.3. The molecule has 1 atom stereocenters. The second-order valence-electron chi connectivity index (χ2n) is 5.22. The topological polar surface area (TPSA) is 84.3 Å². The molecule has 0 aliphatic rings. The van der Waals surface area contributed by atoms with Gasteiger partial charge in [-0.1, -0.05) is 64.6 Å². The van der Waals surface area contributed by atoms with E-state index < -0.39 is 20.8 Å². The van der Waals surface area contributed by atoms with Gasteiger partial charge >= 0.3 is 0 Å². The normalized spacial score (nSPS) is 12.5. The average molecular weight is 437 g/mol. The summed E-state index contributed by atoms with van der Waals surface area (Å²) in [7, 11) is 0. The molecule has 0 aromatic heterocycles. The highest BCUT2D eigenvalue weighted by Crippen LogP contribution is 2.30. The fourth-order valence-corrected chi connectivity index (χ4v) is 2.65. The van der Waals surface area contributed by atoms with Crippen LogP contribution < -0.4 is 10.6 Å². The molecule has 0 saturated carbocycles. The van der Waals surface area contributed by atoms with E-state index in [0.717, 1.165) is 5.56 Å². The van der Waals surface area contributed by atoms with Crippen molar-refractivity contribution in [2.75, 3.05) is 0 Å². The van der Waals surface area contributed by atoms with Gasteiger partial charge in [-0.25, -0.2) is 0 Å². The second kappa shape index (κ2) is 8.88. The summed E-state index contributed by atoms with van der Waals surface area (Å²) in [4.78, 5) is 22.5. The van der Waals surface area contributed by atoms with E-state index in [0.29, 0.717) is 5.02 Å². The smallest absolute Gasteiger partial charge is 0.269 e. The Morgan fingerprint density at radius 2 is 1.73 bits per heavy atom. The first-order chi connectivity index (χ1) is 12.2.